The van der Waals surface area contributed by atoms with Gasteiger partial charge in [-0.05, 0) is 26.3 Å². The fraction of sp³-hybridized carbons (Fsp3) is 1.00. The maximum atomic E-state index is 9.58. The molecule has 0 aromatic carbocycles. The van der Waals surface area contributed by atoms with Gasteiger partial charge in [0, 0.05) is 6.54 Å². The first kappa shape index (κ1) is 12.9. The molecule has 0 fully saturated rings. The van der Waals surface area contributed by atoms with Crippen LogP contribution < -0.4 is 5.32 Å². The van der Waals surface area contributed by atoms with E-state index in [-0.39, 0.29) is 0 Å². The summed E-state index contributed by atoms with van der Waals surface area (Å²) in [5, 5.41) is 12.8. The van der Waals surface area contributed by atoms with Crippen LogP contribution in [-0.4, -0.2) is 37.0 Å². The van der Waals surface area contributed by atoms with Crippen molar-refractivity contribution in [1.29, 1.82) is 0 Å². The van der Waals surface area contributed by atoms with E-state index >= 15 is 0 Å². The highest BCUT2D eigenvalue weighted by Gasteiger charge is 2.16. The van der Waals surface area contributed by atoms with Gasteiger partial charge in [-0.3, -0.25) is 0 Å². The van der Waals surface area contributed by atoms with Crippen LogP contribution in [-0.2, 0) is 4.74 Å². The molecular formula is C10H23NO2. The van der Waals surface area contributed by atoms with Crippen LogP contribution in [0, 0.1) is 0 Å². The number of hydrogen-bond donors (Lipinski definition) is 2. The zero-order valence-corrected chi connectivity index (χ0v) is 9.10. The molecule has 0 radical (unpaired) electrons. The lowest BCUT2D eigenvalue weighted by Crippen LogP contribution is -2.31. The topological polar surface area (TPSA) is 41.5 Å². The lowest BCUT2D eigenvalue weighted by Gasteiger charge is -2.20. The molecule has 2 N–H and O–H groups in total. The Kier molecular flexibility index (Phi) is 7.23. The zero-order valence-electron chi connectivity index (χ0n) is 9.10. The van der Waals surface area contributed by atoms with Crippen molar-refractivity contribution in [3.63, 3.8) is 0 Å². The van der Waals surface area contributed by atoms with E-state index in [0.717, 1.165) is 25.9 Å². The summed E-state index contributed by atoms with van der Waals surface area (Å²) in [6.07, 6.45) is 1.88. The summed E-state index contributed by atoms with van der Waals surface area (Å²) < 4.78 is 5.32. The Morgan fingerprint density at radius 2 is 2.00 bits per heavy atom. The number of hydrogen-bond acceptors (Lipinski definition) is 3. The molecule has 0 aliphatic rings. The lowest BCUT2D eigenvalue weighted by atomic mass is 10.1. The van der Waals surface area contributed by atoms with Crippen molar-refractivity contribution in [2.24, 2.45) is 0 Å². The Balaban J connectivity index is 3.16. The first-order valence-electron chi connectivity index (χ1n) is 5.13. The van der Waals surface area contributed by atoms with Gasteiger partial charge in [-0.1, -0.05) is 13.8 Å². The van der Waals surface area contributed by atoms with E-state index in [1.165, 1.54) is 0 Å². The Hall–Kier alpha value is -0.120. The van der Waals surface area contributed by atoms with E-state index in [4.69, 9.17) is 4.74 Å². The smallest absolute Gasteiger partial charge is 0.0849 e. The van der Waals surface area contributed by atoms with Crippen molar-refractivity contribution < 1.29 is 9.84 Å². The minimum absolute atomic E-state index is 0.428. The van der Waals surface area contributed by atoms with Crippen LogP contribution in [0.4, 0.5) is 0 Å². The summed E-state index contributed by atoms with van der Waals surface area (Å²) in [4.78, 5) is 0. The van der Waals surface area contributed by atoms with E-state index in [0.29, 0.717) is 13.2 Å². The van der Waals surface area contributed by atoms with E-state index in [1.54, 1.807) is 6.92 Å². The summed E-state index contributed by atoms with van der Waals surface area (Å²) in [7, 11) is 0. The van der Waals surface area contributed by atoms with Gasteiger partial charge >= 0.3 is 0 Å². The second-order valence-electron chi connectivity index (χ2n) is 3.65. The third-order valence-electron chi connectivity index (χ3n) is 2.02. The molecule has 0 spiro atoms. The Morgan fingerprint density at radius 3 is 2.54 bits per heavy atom. The van der Waals surface area contributed by atoms with Crippen LogP contribution in [0.25, 0.3) is 0 Å². The van der Waals surface area contributed by atoms with Gasteiger partial charge in [0.05, 0.1) is 18.8 Å². The molecule has 80 valence electrons. The van der Waals surface area contributed by atoms with Crippen LogP contribution in [0.3, 0.4) is 0 Å². The van der Waals surface area contributed by atoms with Gasteiger partial charge in [0.1, 0.15) is 0 Å². The van der Waals surface area contributed by atoms with Crippen LogP contribution in [0.15, 0.2) is 0 Å². The molecule has 1 unspecified atom stereocenters. The Morgan fingerprint density at radius 1 is 1.31 bits per heavy atom. The van der Waals surface area contributed by atoms with Crippen LogP contribution in [0.5, 0.6) is 0 Å². The van der Waals surface area contributed by atoms with E-state index < -0.39 is 5.60 Å². The van der Waals surface area contributed by atoms with Crippen molar-refractivity contribution >= 4 is 0 Å². The van der Waals surface area contributed by atoms with Crippen LogP contribution in [0.2, 0.25) is 0 Å². The lowest BCUT2D eigenvalue weighted by molar-refractivity contribution is -0.0347. The zero-order chi connectivity index (χ0) is 10.2. The van der Waals surface area contributed by atoms with Crippen molar-refractivity contribution in [1.82, 2.24) is 5.32 Å². The number of aliphatic hydroxyl groups is 1. The molecule has 0 heterocycles. The minimum Gasteiger partial charge on any atom is -0.388 e. The van der Waals surface area contributed by atoms with Gasteiger partial charge in [0.15, 0.2) is 0 Å². The molecule has 0 aromatic rings. The van der Waals surface area contributed by atoms with Crippen molar-refractivity contribution in [2.75, 3.05) is 26.3 Å². The minimum atomic E-state index is -0.662. The molecule has 13 heavy (non-hydrogen) atoms. The molecule has 0 saturated heterocycles. The van der Waals surface area contributed by atoms with Gasteiger partial charge in [0.2, 0.25) is 0 Å². The largest absolute Gasteiger partial charge is 0.388 e. The standard InChI is InChI=1S/C10H23NO2/c1-4-6-11-7-8-13-9-10(3,12)5-2/h11-12H,4-9H2,1-3H3. The highest BCUT2D eigenvalue weighted by molar-refractivity contribution is 4.68. The molecule has 1 atom stereocenters. The molecule has 3 heteroatoms. The highest BCUT2D eigenvalue weighted by atomic mass is 16.5. The van der Waals surface area contributed by atoms with Gasteiger partial charge in [-0.25, -0.2) is 0 Å². The molecule has 0 saturated carbocycles. The van der Waals surface area contributed by atoms with E-state index in [1.807, 2.05) is 6.92 Å². The van der Waals surface area contributed by atoms with Crippen molar-refractivity contribution in [3.05, 3.63) is 0 Å². The van der Waals surface area contributed by atoms with Crippen LogP contribution >= 0.6 is 0 Å². The summed E-state index contributed by atoms with van der Waals surface area (Å²) in [5.41, 5.74) is -0.662. The number of nitrogens with one attached hydrogen (secondary N) is 1. The predicted octanol–water partition coefficient (Wildman–Crippen LogP) is 1.16. The van der Waals surface area contributed by atoms with Gasteiger partial charge < -0.3 is 15.2 Å². The summed E-state index contributed by atoms with van der Waals surface area (Å²) >= 11 is 0. The van der Waals surface area contributed by atoms with E-state index in [9.17, 15) is 5.11 Å². The molecule has 0 bridgehead atoms. The second kappa shape index (κ2) is 7.30. The van der Waals surface area contributed by atoms with Crippen molar-refractivity contribution in [3.8, 4) is 0 Å². The fourth-order valence-electron chi connectivity index (χ4n) is 0.840. The first-order valence-corrected chi connectivity index (χ1v) is 5.13. The molecule has 0 rings (SSSR count). The fourth-order valence-corrected chi connectivity index (χ4v) is 0.840. The average molecular weight is 189 g/mol. The predicted molar refractivity (Wildman–Crippen MR) is 54.9 cm³/mol. The maximum Gasteiger partial charge on any atom is 0.0849 e. The normalized spacial score (nSPS) is 15.7. The number of ether oxygens (including phenoxy) is 1. The summed E-state index contributed by atoms with van der Waals surface area (Å²) in [6, 6.07) is 0. The molecule has 3 nitrogen and oxygen atoms in total. The molecule has 0 aliphatic heterocycles. The quantitative estimate of drug-likeness (QED) is 0.563. The molecule has 0 aromatic heterocycles. The van der Waals surface area contributed by atoms with Crippen LogP contribution in [0.1, 0.15) is 33.6 Å². The molecular weight excluding hydrogens is 166 g/mol. The molecule has 0 amide bonds. The summed E-state index contributed by atoms with van der Waals surface area (Å²) in [6.45, 7) is 8.90. The SMILES string of the molecule is CCCNCCOCC(C)(O)CC. The van der Waals surface area contributed by atoms with Gasteiger partial charge in [-0.2, -0.15) is 0 Å². The first-order chi connectivity index (χ1) is 6.12. The third kappa shape index (κ3) is 8.22. The molecule has 0 aliphatic carbocycles. The maximum absolute atomic E-state index is 9.58. The van der Waals surface area contributed by atoms with Gasteiger partial charge in [0.25, 0.3) is 0 Å². The summed E-state index contributed by atoms with van der Waals surface area (Å²) in [5.74, 6) is 0. The average Bonchev–Trinajstić information content (AvgIpc) is 2.11. The monoisotopic (exact) mass is 189 g/mol. The third-order valence-corrected chi connectivity index (χ3v) is 2.02. The second-order valence-corrected chi connectivity index (χ2v) is 3.65. The highest BCUT2D eigenvalue weighted by Crippen LogP contribution is 2.07. The van der Waals surface area contributed by atoms with E-state index in [2.05, 4.69) is 12.2 Å². The van der Waals surface area contributed by atoms with Crippen molar-refractivity contribution in [2.45, 2.75) is 39.2 Å². The Bertz CT molecular complexity index is 115. The number of rotatable bonds is 8. The Labute approximate surface area is 81.5 Å². The van der Waals surface area contributed by atoms with Gasteiger partial charge in [-0.15, -0.1) is 0 Å².